The third kappa shape index (κ3) is 3.22. The maximum Gasteiger partial charge on any atom is 0.227 e. The Labute approximate surface area is 91.0 Å². The molecular weight excluding hydrogens is 192 g/mol. The highest BCUT2D eigenvalue weighted by Crippen LogP contribution is 2.13. The van der Waals surface area contributed by atoms with Gasteiger partial charge in [0.25, 0.3) is 0 Å². The minimum absolute atomic E-state index is 0.0000976. The van der Waals surface area contributed by atoms with Crippen molar-refractivity contribution in [3.8, 4) is 0 Å². The van der Waals surface area contributed by atoms with Crippen LogP contribution < -0.4 is 5.32 Å². The van der Waals surface area contributed by atoms with Crippen LogP contribution in [-0.4, -0.2) is 36.3 Å². The standard InChI is InChI=1S/C11H20N2O2/c1-3-5-6-13(4-2)11(15)9-7-10(14)12-8-9/h9H,3-8H2,1-2H3,(H,12,14). The van der Waals surface area contributed by atoms with Crippen LogP contribution in [0.1, 0.15) is 33.1 Å². The lowest BCUT2D eigenvalue weighted by Gasteiger charge is -2.23. The van der Waals surface area contributed by atoms with E-state index in [1.165, 1.54) is 0 Å². The van der Waals surface area contributed by atoms with Gasteiger partial charge in [-0.15, -0.1) is 0 Å². The van der Waals surface area contributed by atoms with Gasteiger partial charge in [0.2, 0.25) is 11.8 Å². The van der Waals surface area contributed by atoms with E-state index in [1.807, 2.05) is 11.8 Å². The fraction of sp³-hybridized carbons (Fsp3) is 0.818. The minimum Gasteiger partial charge on any atom is -0.355 e. The van der Waals surface area contributed by atoms with E-state index in [2.05, 4.69) is 12.2 Å². The highest BCUT2D eigenvalue weighted by molar-refractivity contribution is 5.89. The first-order chi connectivity index (χ1) is 7.19. The maximum absolute atomic E-state index is 12.0. The monoisotopic (exact) mass is 212 g/mol. The molecule has 1 atom stereocenters. The van der Waals surface area contributed by atoms with E-state index in [0.29, 0.717) is 13.0 Å². The quantitative estimate of drug-likeness (QED) is 0.732. The topological polar surface area (TPSA) is 49.4 Å². The van der Waals surface area contributed by atoms with E-state index >= 15 is 0 Å². The first kappa shape index (κ1) is 12.0. The van der Waals surface area contributed by atoms with E-state index in [0.717, 1.165) is 25.9 Å². The van der Waals surface area contributed by atoms with Gasteiger partial charge in [-0.25, -0.2) is 0 Å². The number of carbonyl (C=O) groups is 2. The van der Waals surface area contributed by atoms with Gasteiger partial charge >= 0.3 is 0 Å². The molecule has 2 amide bonds. The number of unbranched alkanes of at least 4 members (excludes halogenated alkanes) is 1. The largest absolute Gasteiger partial charge is 0.355 e. The Morgan fingerprint density at radius 3 is 2.73 bits per heavy atom. The Morgan fingerprint density at radius 1 is 1.53 bits per heavy atom. The Hall–Kier alpha value is -1.06. The first-order valence-electron chi connectivity index (χ1n) is 5.74. The summed E-state index contributed by atoms with van der Waals surface area (Å²) in [5.74, 6) is -0.00139. The highest BCUT2D eigenvalue weighted by Gasteiger charge is 2.30. The van der Waals surface area contributed by atoms with Gasteiger partial charge in [-0.05, 0) is 13.3 Å². The molecule has 1 aliphatic heterocycles. The molecule has 1 rings (SSSR count). The second-order valence-electron chi connectivity index (χ2n) is 3.98. The molecule has 0 aromatic heterocycles. The summed E-state index contributed by atoms with van der Waals surface area (Å²) in [6, 6.07) is 0. The van der Waals surface area contributed by atoms with Gasteiger partial charge < -0.3 is 10.2 Å². The molecule has 0 radical (unpaired) electrons. The molecule has 1 fully saturated rings. The number of nitrogens with one attached hydrogen (secondary N) is 1. The number of carbonyl (C=O) groups excluding carboxylic acids is 2. The Kier molecular flexibility index (Phi) is 4.59. The predicted octanol–water partition coefficient (Wildman–Crippen LogP) is 0.771. The summed E-state index contributed by atoms with van der Waals surface area (Å²) < 4.78 is 0. The maximum atomic E-state index is 12.0. The van der Waals surface area contributed by atoms with Gasteiger partial charge in [0.15, 0.2) is 0 Å². The summed E-state index contributed by atoms with van der Waals surface area (Å²) in [6.45, 7) is 6.16. The molecule has 0 aromatic carbocycles. The molecule has 86 valence electrons. The van der Waals surface area contributed by atoms with Crippen molar-refractivity contribution < 1.29 is 9.59 Å². The van der Waals surface area contributed by atoms with E-state index in [4.69, 9.17) is 0 Å². The van der Waals surface area contributed by atoms with Crippen molar-refractivity contribution in [2.75, 3.05) is 19.6 Å². The fourth-order valence-corrected chi connectivity index (χ4v) is 1.81. The summed E-state index contributed by atoms with van der Waals surface area (Å²) in [7, 11) is 0. The van der Waals surface area contributed by atoms with Crippen molar-refractivity contribution in [2.24, 2.45) is 5.92 Å². The summed E-state index contributed by atoms with van der Waals surface area (Å²) in [6.07, 6.45) is 2.49. The van der Waals surface area contributed by atoms with Gasteiger partial charge in [0, 0.05) is 26.1 Å². The zero-order valence-corrected chi connectivity index (χ0v) is 9.58. The summed E-state index contributed by atoms with van der Waals surface area (Å²) >= 11 is 0. The fourth-order valence-electron chi connectivity index (χ4n) is 1.81. The normalized spacial score (nSPS) is 20.1. The van der Waals surface area contributed by atoms with Gasteiger partial charge in [-0.1, -0.05) is 13.3 Å². The zero-order valence-electron chi connectivity index (χ0n) is 9.58. The summed E-state index contributed by atoms with van der Waals surface area (Å²) in [4.78, 5) is 24.8. The van der Waals surface area contributed by atoms with E-state index in [-0.39, 0.29) is 17.7 Å². The lowest BCUT2D eigenvalue weighted by molar-refractivity contribution is -0.135. The predicted molar refractivity (Wildman–Crippen MR) is 58.3 cm³/mol. The minimum atomic E-state index is -0.130. The third-order valence-corrected chi connectivity index (χ3v) is 2.80. The molecule has 0 aromatic rings. The summed E-state index contributed by atoms with van der Waals surface area (Å²) in [5, 5.41) is 2.70. The Bertz CT molecular complexity index is 241. The van der Waals surface area contributed by atoms with Crippen LogP contribution in [0.3, 0.4) is 0 Å². The van der Waals surface area contributed by atoms with Crippen LogP contribution in [0, 0.1) is 5.92 Å². The van der Waals surface area contributed by atoms with Crippen molar-refractivity contribution in [3.63, 3.8) is 0 Å². The number of rotatable bonds is 5. The first-order valence-corrected chi connectivity index (χ1v) is 5.74. The van der Waals surface area contributed by atoms with Crippen LogP contribution in [0.5, 0.6) is 0 Å². The number of amides is 2. The van der Waals surface area contributed by atoms with Crippen molar-refractivity contribution in [2.45, 2.75) is 33.1 Å². The zero-order chi connectivity index (χ0) is 11.3. The van der Waals surface area contributed by atoms with Crippen LogP contribution in [0.4, 0.5) is 0 Å². The Balaban J connectivity index is 2.45. The molecular formula is C11H20N2O2. The van der Waals surface area contributed by atoms with Gasteiger partial charge in [-0.3, -0.25) is 9.59 Å². The molecule has 1 saturated heterocycles. The number of hydrogen-bond donors (Lipinski definition) is 1. The third-order valence-electron chi connectivity index (χ3n) is 2.80. The van der Waals surface area contributed by atoms with Gasteiger partial charge in [0.05, 0.1) is 5.92 Å². The Morgan fingerprint density at radius 2 is 2.27 bits per heavy atom. The summed E-state index contributed by atoms with van der Waals surface area (Å²) in [5.41, 5.74) is 0. The molecule has 0 bridgehead atoms. The van der Waals surface area contributed by atoms with Crippen LogP contribution >= 0.6 is 0 Å². The average molecular weight is 212 g/mol. The van der Waals surface area contributed by atoms with Crippen LogP contribution in [0.2, 0.25) is 0 Å². The SMILES string of the molecule is CCCCN(CC)C(=O)C1CNC(=O)C1. The van der Waals surface area contributed by atoms with Crippen LogP contribution in [-0.2, 0) is 9.59 Å². The van der Waals surface area contributed by atoms with E-state index in [1.54, 1.807) is 0 Å². The number of hydrogen-bond acceptors (Lipinski definition) is 2. The molecule has 4 heteroatoms. The molecule has 0 saturated carbocycles. The lowest BCUT2D eigenvalue weighted by Crippen LogP contribution is -2.37. The average Bonchev–Trinajstić information content (AvgIpc) is 2.65. The van der Waals surface area contributed by atoms with Crippen molar-refractivity contribution in [3.05, 3.63) is 0 Å². The van der Waals surface area contributed by atoms with Gasteiger partial charge in [-0.2, -0.15) is 0 Å². The smallest absolute Gasteiger partial charge is 0.227 e. The molecule has 0 aliphatic carbocycles. The van der Waals surface area contributed by atoms with Crippen molar-refractivity contribution in [1.29, 1.82) is 0 Å². The molecule has 1 aliphatic rings. The van der Waals surface area contributed by atoms with Crippen molar-refractivity contribution >= 4 is 11.8 Å². The van der Waals surface area contributed by atoms with E-state index in [9.17, 15) is 9.59 Å². The van der Waals surface area contributed by atoms with Crippen LogP contribution in [0.25, 0.3) is 0 Å². The second-order valence-corrected chi connectivity index (χ2v) is 3.98. The molecule has 1 unspecified atom stereocenters. The lowest BCUT2D eigenvalue weighted by atomic mass is 10.1. The highest BCUT2D eigenvalue weighted by atomic mass is 16.2. The molecule has 1 N–H and O–H groups in total. The van der Waals surface area contributed by atoms with Gasteiger partial charge in [0.1, 0.15) is 0 Å². The molecule has 15 heavy (non-hydrogen) atoms. The second kappa shape index (κ2) is 5.73. The molecule has 4 nitrogen and oxygen atoms in total. The van der Waals surface area contributed by atoms with E-state index < -0.39 is 0 Å². The molecule has 0 spiro atoms. The van der Waals surface area contributed by atoms with Crippen LogP contribution in [0.15, 0.2) is 0 Å². The van der Waals surface area contributed by atoms with Crippen molar-refractivity contribution in [1.82, 2.24) is 10.2 Å². The molecule has 1 heterocycles. The number of nitrogens with zero attached hydrogens (tertiary/aromatic N) is 1.